The molecule has 3 rings (SSSR count). The van der Waals surface area contributed by atoms with Gasteiger partial charge in [-0.25, -0.2) is 0 Å². The average Bonchev–Trinajstić information content (AvgIpc) is 2.96. The van der Waals surface area contributed by atoms with Crippen molar-refractivity contribution >= 4 is 5.91 Å². The van der Waals surface area contributed by atoms with Gasteiger partial charge in [-0.15, -0.1) is 0 Å². The maximum absolute atomic E-state index is 12.8. The van der Waals surface area contributed by atoms with Crippen molar-refractivity contribution in [2.24, 2.45) is 5.73 Å². The molecule has 1 aliphatic heterocycles. The van der Waals surface area contributed by atoms with E-state index in [1.165, 1.54) is 19.4 Å². The predicted octanol–water partition coefficient (Wildman–Crippen LogP) is 0.481. The third-order valence-corrected chi connectivity index (χ3v) is 6.31. The highest BCUT2D eigenvalue weighted by Gasteiger charge is 2.44. The number of quaternary nitrogens is 1. The van der Waals surface area contributed by atoms with E-state index in [0.29, 0.717) is 6.04 Å². The molecule has 1 amide bonds. The lowest BCUT2D eigenvalue weighted by atomic mass is 9.71. The van der Waals surface area contributed by atoms with E-state index >= 15 is 0 Å². The van der Waals surface area contributed by atoms with Crippen LogP contribution in [0.3, 0.4) is 0 Å². The number of carbonyl (C=O) groups is 1. The zero-order valence-electron chi connectivity index (χ0n) is 15.7. The molecule has 2 atom stereocenters. The molecule has 0 radical (unpaired) electrons. The molecule has 0 bridgehead atoms. The van der Waals surface area contributed by atoms with Crippen molar-refractivity contribution in [3.63, 3.8) is 0 Å². The molecule has 1 heterocycles. The van der Waals surface area contributed by atoms with Crippen molar-refractivity contribution in [1.82, 2.24) is 0 Å². The zero-order chi connectivity index (χ0) is 17.9. The van der Waals surface area contributed by atoms with Crippen LogP contribution in [0.15, 0.2) is 60.7 Å². The number of nitrogens with two attached hydrogens (primary N) is 1. The minimum absolute atomic E-state index is 0. The molecule has 0 saturated carbocycles. The van der Waals surface area contributed by atoms with Gasteiger partial charge in [0.2, 0.25) is 5.91 Å². The Morgan fingerprint density at radius 3 is 1.96 bits per heavy atom. The van der Waals surface area contributed by atoms with Gasteiger partial charge in [0.15, 0.2) is 0 Å². The van der Waals surface area contributed by atoms with Crippen molar-refractivity contribution < 1.29 is 26.3 Å². The summed E-state index contributed by atoms with van der Waals surface area (Å²) in [5, 5.41) is 0. The Balaban J connectivity index is 0.00000243. The molecule has 1 aliphatic rings. The first-order valence-corrected chi connectivity index (χ1v) is 9.24. The number of rotatable bonds is 6. The number of carbonyl (C=O) groups excluding carboxylic acids is 1. The second-order valence-corrected chi connectivity index (χ2v) is 7.67. The second-order valence-electron chi connectivity index (χ2n) is 7.67. The van der Waals surface area contributed by atoms with Crippen LogP contribution in [0.25, 0.3) is 0 Å². The van der Waals surface area contributed by atoms with Gasteiger partial charge in [-0.1, -0.05) is 60.7 Å². The van der Waals surface area contributed by atoms with Crippen LogP contribution in [-0.2, 0) is 10.2 Å². The summed E-state index contributed by atoms with van der Waals surface area (Å²) in [6.07, 6.45) is 3.26. The molecule has 4 heteroatoms. The third kappa shape index (κ3) is 3.72. The van der Waals surface area contributed by atoms with Crippen molar-refractivity contribution in [1.29, 1.82) is 0 Å². The number of benzene rings is 2. The van der Waals surface area contributed by atoms with Gasteiger partial charge in [-0.2, -0.15) is 0 Å². The SMILES string of the molecule is CC1CCC[N+]1(C)CCC(C(N)=O)(c1ccccc1)c1ccccc1.[Br-]. The van der Waals surface area contributed by atoms with Crippen LogP contribution in [0.4, 0.5) is 0 Å². The highest BCUT2D eigenvalue weighted by Crippen LogP contribution is 2.37. The summed E-state index contributed by atoms with van der Waals surface area (Å²) in [4.78, 5) is 12.8. The smallest absolute Gasteiger partial charge is 0.232 e. The first kappa shape index (κ1) is 20.7. The maximum atomic E-state index is 12.8. The summed E-state index contributed by atoms with van der Waals surface area (Å²) in [5.41, 5.74) is 7.27. The van der Waals surface area contributed by atoms with Crippen molar-refractivity contribution in [2.45, 2.75) is 37.6 Å². The first-order valence-electron chi connectivity index (χ1n) is 9.24. The van der Waals surface area contributed by atoms with Crippen LogP contribution >= 0.6 is 0 Å². The van der Waals surface area contributed by atoms with Crippen molar-refractivity contribution in [2.75, 3.05) is 20.1 Å². The lowest BCUT2D eigenvalue weighted by Crippen LogP contribution is -3.00. The molecule has 1 saturated heterocycles. The van der Waals surface area contributed by atoms with E-state index in [1.54, 1.807) is 0 Å². The fourth-order valence-corrected chi connectivity index (χ4v) is 4.34. The molecule has 3 nitrogen and oxygen atoms in total. The third-order valence-electron chi connectivity index (χ3n) is 6.31. The van der Waals surface area contributed by atoms with Gasteiger partial charge in [0.1, 0.15) is 5.41 Å². The quantitative estimate of drug-likeness (QED) is 0.683. The molecule has 140 valence electrons. The van der Waals surface area contributed by atoms with Crippen LogP contribution in [0.1, 0.15) is 37.3 Å². The first-order chi connectivity index (χ1) is 12.0. The topological polar surface area (TPSA) is 43.1 Å². The zero-order valence-corrected chi connectivity index (χ0v) is 17.3. The van der Waals surface area contributed by atoms with Gasteiger partial charge >= 0.3 is 0 Å². The number of likely N-dealkylation sites (tertiary alicyclic amines) is 1. The van der Waals surface area contributed by atoms with Crippen LogP contribution in [0.5, 0.6) is 0 Å². The average molecular weight is 417 g/mol. The Morgan fingerprint density at radius 2 is 1.58 bits per heavy atom. The monoisotopic (exact) mass is 416 g/mol. The van der Waals surface area contributed by atoms with Crippen LogP contribution < -0.4 is 22.7 Å². The maximum Gasteiger partial charge on any atom is 0.232 e. The highest BCUT2D eigenvalue weighted by molar-refractivity contribution is 5.90. The molecule has 2 aromatic carbocycles. The van der Waals surface area contributed by atoms with Crippen LogP contribution in [-0.4, -0.2) is 36.6 Å². The van der Waals surface area contributed by atoms with Crippen molar-refractivity contribution in [3.05, 3.63) is 71.8 Å². The molecular formula is C22H29BrN2O. The van der Waals surface area contributed by atoms with E-state index in [1.807, 2.05) is 60.7 Å². The molecule has 2 N–H and O–H groups in total. The normalized spacial score (nSPS) is 22.6. The highest BCUT2D eigenvalue weighted by atomic mass is 79.9. The molecule has 0 aliphatic carbocycles. The minimum Gasteiger partial charge on any atom is -1.00 e. The number of hydrogen-bond donors (Lipinski definition) is 1. The lowest BCUT2D eigenvalue weighted by molar-refractivity contribution is -0.919. The fourth-order valence-electron chi connectivity index (χ4n) is 4.34. The number of hydrogen-bond acceptors (Lipinski definition) is 1. The summed E-state index contributed by atoms with van der Waals surface area (Å²) in [6.45, 7) is 4.46. The van der Waals surface area contributed by atoms with Gasteiger partial charge in [0, 0.05) is 19.3 Å². The summed E-state index contributed by atoms with van der Waals surface area (Å²) in [6, 6.07) is 20.7. The Labute approximate surface area is 167 Å². The second kappa shape index (κ2) is 8.36. The Morgan fingerprint density at radius 1 is 1.08 bits per heavy atom. The summed E-state index contributed by atoms with van der Waals surface area (Å²) >= 11 is 0. The van der Waals surface area contributed by atoms with Gasteiger partial charge in [-0.05, 0) is 18.1 Å². The molecule has 1 fully saturated rings. The number of nitrogens with zero attached hydrogens (tertiary/aromatic N) is 1. The molecule has 2 aromatic rings. The molecular weight excluding hydrogens is 388 g/mol. The van der Waals surface area contributed by atoms with E-state index in [2.05, 4.69) is 14.0 Å². The van der Waals surface area contributed by atoms with Gasteiger partial charge < -0.3 is 27.2 Å². The van der Waals surface area contributed by atoms with Gasteiger partial charge in [0.05, 0.1) is 26.2 Å². The summed E-state index contributed by atoms with van der Waals surface area (Å²) in [5.74, 6) is -0.261. The Bertz CT molecular complexity index is 680. The summed E-state index contributed by atoms with van der Waals surface area (Å²) in [7, 11) is 2.32. The Kier molecular flexibility index (Phi) is 6.64. The standard InChI is InChI=1S/C22H28N2O.BrH/c1-18-10-9-16-24(18,2)17-15-22(21(23)25,19-11-5-3-6-12-19)20-13-7-4-8-14-20;/h3-8,11-14,18H,9-10,15-17H2,1-2H3,(H-,23,25);1H. The van der Waals surface area contributed by atoms with E-state index < -0.39 is 5.41 Å². The number of halogens is 1. The Hall–Kier alpha value is -1.65. The minimum atomic E-state index is -0.772. The van der Waals surface area contributed by atoms with Gasteiger partial charge in [0.25, 0.3) is 0 Å². The largest absolute Gasteiger partial charge is 1.00 e. The van der Waals surface area contributed by atoms with Crippen LogP contribution in [0, 0.1) is 0 Å². The number of primary amides is 1. The van der Waals surface area contributed by atoms with E-state index in [0.717, 1.165) is 28.6 Å². The molecule has 0 aromatic heterocycles. The van der Waals surface area contributed by atoms with E-state index in [4.69, 9.17) is 5.73 Å². The van der Waals surface area contributed by atoms with Gasteiger partial charge in [-0.3, -0.25) is 4.79 Å². The predicted molar refractivity (Wildman–Crippen MR) is 102 cm³/mol. The molecule has 2 unspecified atom stereocenters. The lowest BCUT2D eigenvalue weighted by Gasteiger charge is -2.39. The van der Waals surface area contributed by atoms with Crippen LogP contribution in [0.2, 0.25) is 0 Å². The molecule has 0 spiro atoms. The molecule has 26 heavy (non-hydrogen) atoms. The fraction of sp³-hybridized carbons (Fsp3) is 0.409. The van der Waals surface area contributed by atoms with E-state index in [-0.39, 0.29) is 22.9 Å². The van der Waals surface area contributed by atoms with E-state index in [9.17, 15) is 4.79 Å². The van der Waals surface area contributed by atoms with Crippen molar-refractivity contribution in [3.8, 4) is 0 Å². The summed E-state index contributed by atoms with van der Waals surface area (Å²) < 4.78 is 1.02. The number of amides is 1.